The molecule has 0 aliphatic rings. The van der Waals surface area contributed by atoms with Crippen LogP contribution in [0.5, 0.6) is 0 Å². The lowest BCUT2D eigenvalue weighted by Crippen LogP contribution is -2.11. The predicted molar refractivity (Wildman–Crippen MR) is 124 cm³/mol. The van der Waals surface area contributed by atoms with Crippen molar-refractivity contribution in [2.24, 2.45) is 0 Å². The summed E-state index contributed by atoms with van der Waals surface area (Å²) >= 11 is 0. The number of aromatic nitrogens is 2. The highest BCUT2D eigenvalue weighted by Crippen LogP contribution is 2.38. The number of anilines is 2. The summed E-state index contributed by atoms with van der Waals surface area (Å²) in [4.78, 5) is 23.1. The van der Waals surface area contributed by atoms with Crippen LogP contribution in [0.1, 0.15) is 34.1 Å². The van der Waals surface area contributed by atoms with Crippen LogP contribution in [0.25, 0.3) is 22.4 Å². The van der Waals surface area contributed by atoms with Crippen LogP contribution in [0.15, 0.2) is 36.4 Å². The van der Waals surface area contributed by atoms with Gasteiger partial charge in [0.15, 0.2) is 5.78 Å². The van der Waals surface area contributed by atoms with Crippen molar-refractivity contribution in [2.45, 2.75) is 20.0 Å². The molecule has 0 aliphatic carbocycles. The maximum atomic E-state index is 13.3. The van der Waals surface area contributed by atoms with Gasteiger partial charge >= 0.3 is 6.18 Å². The van der Waals surface area contributed by atoms with Gasteiger partial charge in [-0.25, -0.2) is 9.97 Å². The molecule has 3 rings (SSSR count). The average molecular weight is 463 g/mol. The van der Waals surface area contributed by atoms with Crippen molar-refractivity contribution in [3.05, 3.63) is 58.8 Å². The fourth-order valence-electron chi connectivity index (χ4n) is 3.45. The van der Waals surface area contributed by atoms with Gasteiger partial charge < -0.3 is 4.90 Å². The van der Waals surface area contributed by atoms with Crippen molar-refractivity contribution in [3.63, 3.8) is 0 Å². The van der Waals surface area contributed by atoms with Crippen LogP contribution in [0.2, 0.25) is 0 Å². The SMILES string of the molecule is C#CNc1nc(-c2ccc(C(F)(F)F)c(C#N)c2)c(-c2cc(C)nc(N(C)C)c2)cc1C(C)=O. The van der Waals surface area contributed by atoms with Crippen LogP contribution in [-0.2, 0) is 6.18 Å². The Bertz CT molecular complexity index is 1360. The molecule has 0 atom stereocenters. The lowest BCUT2D eigenvalue weighted by atomic mass is 9.94. The van der Waals surface area contributed by atoms with Gasteiger partial charge in [-0.3, -0.25) is 10.1 Å². The van der Waals surface area contributed by atoms with E-state index in [1.807, 2.05) is 14.1 Å². The highest BCUT2D eigenvalue weighted by molar-refractivity contribution is 6.01. The summed E-state index contributed by atoms with van der Waals surface area (Å²) in [5, 5.41) is 11.9. The van der Waals surface area contributed by atoms with E-state index in [2.05, 4.69) is 21.3 Å². The first-order valence-electron chi connectivity index (χ1n) is 10.0. The van der Waals surface area contributed by atoms with Crippen molar-refractivity contribution in [1.82, 2.24) is 9.97 Å². The second kappa shape index (κ2) is 9.24. The van der Waals surface area contributed by atoms with Crippen molar-refractivity contribution in [1.29, 1.82) is 5.26 Å². The van der Waals surface area contributed by atoms with Crippen LogP contribution in [0.3, 0.4) is 0 Å². The van der Waals surface area contributed by atoms with Crippen molar-refractivity contribution < 1.29 is 18.0 Å². The molecule has 0 aliphatic heterocycles. The molecule has 3 aromatic rings. The number of nitriles is 1. The molecule has 2 aromatic heterocycles. The van der Waals surface area contributed by atoms with Gasteiger partial charge in [-0.1, -0.05) is 12.5 Å². The highest BCUT2D eigenvalue weighted by atomic mass is 19.4. The van der Waals surface area contributed by atoms with Crippen LogP contribution >= 0.6 is 0 Å². The van der Waals surface area contributed by atoms with E-state index in [0.29, 0.717) is 22.6 Å². The summed E-state index contributed by atoms with van der Waals surface area (Å²) in [7, 11) is 3.64. The lowest BCUT2D eigenvalue weighted by Gasteiger charge is -2.18. The summed E-state index contributed by atoms with van der Waals surface area (Å²) in [6.07, 6.45) is 0.676. The van der Waals surface area contributed by atoms with Gasteiger partial charge in [0.2, 0.25) is 0 Å². The zero-order valence-electron chi connectivity index (χ0n) is 18.9. The van der Waals surface area contributed by atoms with E-state index in [1.54, 1.807) is 36.1 Å². The Labute approximate surface area is 195 Å². The Morgan fingerprint density at radius 2 is 1.82 bits per heavy atom. The molecule has 1 N–H and O–H groups in total. The first-order valence-corrected chi connectivity index (χ1v) is 10.0. The average Bonchev–Trinajstić information content (AvgIpc) is 2.77. The number of hydrogen-bond acceptors (Lipinski definition) is 6. The maximum absolute atomic E-state index is 13.3. The lowest BCUT2D eigenvalue weighted by molar-refractivity contribution is -0.137. The number of Topliss-reactive ketones (excluding diaryl/α,β-unsaturated/α-hetero) is 1. The smallest absolute Gasteiger partial charge is 0.363 e. The number of terminal acetylenes is 1. The molecule has 0 saturated carbocycles. The third-order valence-corrected chi connectivity index (χ3v) is 5.02. The number of carbonyl (C=O) groups excluding carboxylic acids is 1. The molecule has 0 radical (unpaired) electrons. The Kier molecular flexibility index (Phi) is 6.60. The number of alkyl halides is 3. The molecular weight excluding hydrogens is 443 g/mol. The topological polar surface area (TPSA) is 81.9 Å². The Morgan fingerprint density at radius 1 is 1.12 bits per heavy atom. The maximum Gasteiger partial charge on any atom is 0.417 e. The summed E-state index contributed by atoms with van der Waals surface area (Å²) in [6.45, 7) is 3.16. The Morgan fingerprint density at radius 3 is 2.38 bits per heavy atom. The monoisotopic (exact) mass is 463 g/mol. The highest BCUT2D eigenvalue weighted by Gasteiger charge is 2.34. The third-order valence-electron chi connectivity index (χ3n) is 5.02. The minimum absolute atomic E-state index is 0.0887. The number of halogens is 3. The van der Waals surface area contributed by atoms with Gasteiger partial charge in [0.25, 0.3) is 0 Å². The van der Waals surface area contributed by atoms with E-state index in [9.17, 15) is 23.2 Å². The number of ketones is 1. The van der Waals surface area contributed by atoms with E-state index in [0.717, 1.165) is 12.1 Å². The largest absolute Gasteiger partial charge is 0.417 e. The van der Waals surface area contributed by atoms with Gasteiger partial charge in [0, 0.05) is 37.0 Å². The number of nitrogens with zero attached hydrogens (tertiary/aromatic N) is 4. The molecule has 0 saturated heterocycles. The number of rotatable bonds is 5. The van der Waals surface area contributed by atoms with Gasteiger partial charge in [-0.2, -0.15) is 18.4 Å². The fourth-order valence-corrected chi connectivity index (χ4v) is 3.45. The van der Waals surface area contributed by atoms with Crippen molar-refractivity contribution in [2.75, 3.05) is 24.3 Å². The summed E-state index contributed by atoms with van der Waals surface area (Å²) in [6, 6.07) is 12.2. The van der Waals surface area contributed by atoms with E-state index < -0.39 is 17.3 Å². The first-order chi connectivity index (χ1) is 16.0. The Hall–Kier alpha value is -4.37. The summed E-state index contributed by atoms with van der Waals surface area (Å²) in [5.74, 6) is 0.425. The summed E-state index contributed by atoms with van der Waals surface area (Å²) < 4.78 is 40.0. The summed E-state index contributed by atoms with van der Waals surface area (Å²) in [5.41, 5.74) is 0.949. The molecule has 34 heavy (non-hydrogen) atoms. The molecule has 6 nitrogen and oxygen atoms in total. The molecule has 0 unspecified atom stereocenters. The minimum atomic E-state index is -4.68. The van der Waals surface area contributed by atoms with Gasteiger partial charge in [-0.05, 0) is 49.7 Å². The molecule has 0 fully saturated rings. The number of pyridine rings is 2. The van der Waals surface area contributed by atoms with E-state index in [1.165, 1.54) is 13.0 Å². The van der Waals surface area contributed by atoms with Crippen LogP contribution in [-0.4, -0.2) is 29.8 Å². The Balaban J connectivity index is 2.39. The van der Waals surface area contributed by atoms with Crippen LogP contribution in [0, 0.1) is 30.7 Å². The number of nitrogens with one attached hydrogen (secondary N) is 1. The van der Waals surface area contributed by atoms with Gasteiger partial charge in [-0.15, -0.1) is 0 Å². The fraction of sp³-hybridized carbons (Fsp3) is 0.200. The molecule has 1 aromatic carbocycles. The quantitative estimate of drug-likeness (QED) is 0.315. The van der Waals surface area contributed by atoms with Crippen molar-refractivity contribution >= 4 is 17.4 Å². The zero-order chi connectivity index (χ0) is 25.2. The van der Waals surface area contributed by atoms with Crippen LogP contribution in [0.4, 0.5) is 24.8 Å². The zero-order valence-corrected chi connectivity index (χ0v) is 18.9. The third kappa shape index (κ3) is 4.84. The normalized spacial score (nSPS) is 10.9. The number of aryl methyl sites for hydroxylation is 1. The molecule has 0 bridgehead atoms. The molecule has 2 heterocycles. The molecule has 0 spiro atoms. The molecule has 9 heteroatoms. The van der Waals surface area contributed by atoms with E-state index in [-0.39, 0.29) is 28.4 Å². The van der Waals surface area contributed by atoms with Gasteiger partial charge in [0.05, 0.1) is 28.5 Å². The van der Waals surface area contributed by atoms with Crippen LogP contribution < -0.4 is 10.2 Å². The van der Waals surface area contributed by atoms with E-state index >= 15 is 0 Å². The second-order valence-corrected chi connectivity index (χ2v) is 7.73. The van der Waals surface area contributed by atoms with Crippen molar-refractivity contribution in [3.8, 4) is 40.9 Å². The molecule has 172 valence electrons. The van der Waals surface area contributed by atoms with E-state index in [4.69, 9.17) is 6.42 Å². The first kappa shape index (κ1) is 24.3. The number of hydrogen-bond donors (Lipinski definition) is 1. The second-order valence-electron chi connectivity index (χ2n) is 7.73. The molecular formula is C25H20F3N5O. The minimum Gasteiger partial charge on any atom is -0.363 e. The van der Waals surface area contributed by atoms with Gasteiger partial charge in [0.1, 0.15) is 11.6 Å². The molecule has 0 amide bonds. The number of benzene rings is 1. The predicted octanol–water partition coefficient (Wildman–Crippen LogP) is 5.28. The number of carbonyl (C=O) groups is 1. The standard InChI is InChI=1S/C25H20F3N5O/c1-6-30-24-19(15(3)34)12-20(17-9-14(2)31-22(11-17)33(4)5)23(32-24)16-7-8-21(25(26,27)28)18(10-16)13-29/h1,7-12H,2-5H3,(H,30,32).